The van der Waals surface area contributed by atoms with E-state index in [0.29, 0.717) is 16.9 Å². The maximum Gasteiger partial charge on any atom is 0.337 e. The van der Waals surface area contributed by atoms with Crippen molar-refractivity contribution in [2.45, 2.75) is 6.10 Å². The SMILES string of the molecule is COC(=O)c1ccc(C(O)c2cccc(OC)c2)cc1. The highest BCUT2D eigenvalue weighted by molar-refractivity contribution is 5.89. The number of hydrogen-bond acceptors (Lipinski definition) is 4. The molecule has 4 heteroatoms. The second kappa shape index (κ2) is 6.21. The molecular weight excluding hydrogens is 256 g/mol. The molecule has 0 aliphatic heterocycles. The van der Waals surface area contributed by atoms with Gasteiger partial charge in [0.25, 0.3) is 0 Å². The summed E-state index contributed by atoms with van der Waals surface area (Å²) in [5.41, 5.74) is 1.88. The molecule has 2 aromatic rings. The molecule has 0 saturated carbocycles. The smallest absolute Gasteiger partial charge is 0.337 e. The molecule has 2 rings (SSSR count). The number of benzene rings is 2. The number of carbonyl (C=O) groups is 1. The highest BCUT2D eigenvalue weighted by Crippen LogP contribution is 2.25. The van der Waals surface area contributed by atoms with Gasteiger partial charge in [0.15, 0.2) is 0 Å². The molecule has 20 heavy (non-hydrogen) atoms. The number of aliphatic hydroxyl groups excluding tert-OH is 1. The van der Waals surface area contributed by atoms with E-state index in [0.717, 1.165) is 5.56 Å². The minimum Gasteiger partial charge on any atom is -0.497 e. The molecule has 0 spiro atoms. The number of hydrogen-bond donors (Lipinski definition) is 1. The number of ether oxygens (including phenoxy) is 2. The Morgan fingerprint density at radius 3 is 2.35 bits per heavy atom. The minimum atomic E-state index is -0.767. The Morgan fingerprint density at radius 2 is 1.75 bits per heavy atom. The Hall–Kier alpha value is -2.33. The third kappa shape index (κ3) is 2.97. The van der Waals surface area contributed by atoms with Crippen LogP contribution in [0.2, 0.25) is 0 Å². The Kier molecular flexibility index (Phi) is 4.38. The predicted octanol–water partition coefficient (Wildman–Crippen LogP) is 2.56. The number of aliphatic hydroxyl groups is 1. The Bertz CT molecular complexity index is 590. The first-order valence-corrected chi connectivity index (χ1v) is 6.16. The van der Waals surface area contributed by atoms with E-state index in [-0.39, 0.29) is 0 Å². The number of methoxy groups -OCH3 is 2. The third-order valence-corrected chi connectivity index (χ3v) is 3.06. The monoisotopic (exact) mass is 272 g/mol. The fourth-order valence-corrected chi connectivity index (χ4v) is 1.92. The van der Waals surface area contributed by atoms with Crippen LogP contribution in [0.3, 0.4) is 0 Å². The maximum atomic E-state index is 11.3. The molecule has 0 amide bonds. The molecule has 1 atom stereocenters. The first kappa shape index (κ1) is 14.1. The van der Waals surface area contributed by atoms with Crippen molar-refractivity contribution in [2.75, 3.05) is 14.2 Å². The quantitative estimate of drug-likeness (QED) is 0.869. The van der Waals surface area contributed by atoms with Crippen molar-refractivity contribution in [3.05, 3.63) is 65.2 Å². The summed E-state index contributed by atoms with van der Waals surface area (Å²) in [6.07, 6.45) is -0.767. The van der Waals surface area contributed by atoms with Crippen LogP contribution in [0.25, 0.3) is 0 Å². The minimum absolute atomic E-state index is 0.396. The van der Waals surface area contributed by atoms with Gasteiger partial charge in [-0.25, -0.2) is 4.79 Å². The standard InChI is InChI=1S/C16H16O4/c1-19-14-5-3-4-13(10-14)15(17)11-6-8-12(9-7-11)16(18)20-2/h3-10,15,17H,1-2H3. The van der Waals surface area contributed by atoms with Crippen LogP contribution >= 0.6 is 0 Å². The van der Waals surface area contributed by atoms with Crippen molar-refractivity contribution >= 4 is 5.97 Å². The summed E-state index contributed by atoms with van der Waals surface area (Å²) in [5.74, 6) is 0.292. The maximum absolute atomic E-state index is 11.3. The summed E-state index contributed by atoms with van der Waals surface area (Å²) in [6.45, 7) is 0. The highest BCUT2D eigenvalue weighted by Gasteiger charge is 2.12. The fraction of sp³-hybridized carbons (Fsp3) is 0.188. The second-order valence-electron chi connectivity index (χ2n) is 4.29. The number of esters is 1. The normalized spacial score (nSPS) is 11.8. The zero-order chi connectivity index (χ0) is 14.5. The van der Waals surface area contributed by atoms with Crippen molar-refractivity contribution in [3.8, 4) is 5.75 Å². The fourth-order valence-electron chi connectivity index (χ4n) is 1.92. The summed E-state index contributed by atoms with van der Waals surface area (Å²) in [4.78, 5) is 11.3. The first-order valence-electron chi connectivity index (χ1n) is 6.16. The molecule has 2 aromatic carbocycles. The molecule has 0 radical (unpaired) electrons. The van der Waals surface area contributed by atoms with E-state index in [1.54, 1.807) is 37.4 Å². The van der Waals surface area contributed by atoms with Crippen molar-refractivity contribution in [1.82, 2.24) is 0 Å². The average Bonchev–Trinajstić information content (AvgIpc) is 2.53. The molecule has 1 unspecified atom stereocenters. The van der Waals surface area contributed by atoms with Gasteiger partial charge in [0.05, 0.1) is 19.8 Å². The van der Waals surface area contributed by atoms with Crippen LogP contribution in [0, 0.1) is 0 Å². The van der Waals surface area contributed by atoms with E-state index >= 15 is 0 Å². The van der Waals surface area contributed by atoms with Gasteiger partial charge >= 0.3 is 5.97 Å². The first-order chi connectivity index (χ1) is 9.65. The summed E-state index contributed by atoms with van der Waals surface area (Å²) >= 11 is 0. The van der Waals surface area contributed by atoms with Crippen LogP contribution < -0.4 is 4.74 Å². The molecule has 4 nitrogen and oxygen atoms in total. The lowest BCUT2D eigenvalue weighted by Crippen LogP contribution is -2.03. The predicted molar refractivity (Wildman–Crippen MR) is 74.8 cm³/mol. The topological polar surface area (TPSA) is 55.8 Å². The van der Waals surface area contributed by atoms with E-state index in [1.807, 2.05) is 18.2 Å². The van der Waals surface area contributed by atoms with Crippen LogP contribution in [0.15, 0.2) is 48.5 Å². The lowest BCUT2D eigenvalue weighted by Gasteiger charge is -2.13. The Balaban J connectivity index is 2.24. The van der Waals surface area contributed by atoms with Gasteiger partial charge in [0, 0.05) is 0 Å². The van der Waals surface area contributed by atoms with E-state index in [4.69, 9.17) is 4.74 Å². The molecule has 0 aliphatic rings. The molecule has 1 N–H and O–H groups in total. The molecular formula is C16H16O4. The second-order valence-corrected chi connectivity index (χ2v) is 4.29. The van der Waals surface area contributed by atoms with Crippen molar-refractivity contribution in [2.24, 2.45) is 0 Å². The van der Waals surface area contributed by atoms with E-state index < -0.39 is 12.1 Å². The zero-order valence-electron chi connectivity index (χ0n) is 11.4. The van der Waals surface area contributed by atoms with Crippen LogP contribution in [0.4, 0.5) is 0 Å². The lowest BCUT2D eigenvalue weighted by atomic mass is 10.0. The largest absolute Gasteiger partial charge is 0.497 e. The Labute approximate surface area is 117 Å². The zero-order valence-corrected chi connectivity index (χ0v) is 11.4. The molecule has 0 aromatic heterocycles. The molecule has 0 aliphatic carbocycles. The summed E-state index contributed by atoms with van der Waals surface area (Å²) in [7, 11) is 2.91. The average molecular weight is 272 g/mol. The van der Waals surface area contributed by atoms with E-state index in [2.05, 4.69) is 4.74 Å². The van der Waals surface area contributed by atoms with Crippen LogP contribution in [0.1, 0.15) is 27.6 Å². The lowest BCUT2D eigenvalue weighted by molar-refractivity contribution is 0.0600. The summed E-state index contributed by atoms with van der Waals surface area (Å²) < 4.78 is 9.77. The van der Waals surface area contributed by atoms with Crippen LogP contribution in [-0.2, 0) is 4.74 Å². The third-order valence-electron chi connectivity index (χ3n) is 3.06. The summed E-state index contributed by atoms with van der Waals surface area (Å²) in [6, 6.07) is 13.9. The van der Waals surface area contributed by atoms with Gasteiger partial charge in [-0.2, -0.15) is 0 Å². The molecule has 104 valence electrons. The van der Waals surface area contributed by atoms with Crippen molar-refractivity contribution in [3.63, 3.8) is 0 Å². The number of carbonyl (C=O) groups excluding carboxylic acids is 1. The van der Waals surface area contributed by atoms with Gasteiger partial charge in [0.1, 0.15) is 11.9 Å². The van der Waals surface area contributed by atoms with Crippen LogP contribution in [0.5, 0.6) is 5.75 Å². The van der Waals surface area contributed by atoms with E-state index in [9.17, 15) is 9.90 Å². The van der Waals surface area contributed by atoms with Gasteiger partial charge in [-0.05, 0) is 35.4 Å². The van der Waals surface area contributed by atoms with Gasteiger partial charge in [0.2, 0.25) is 0 Å². The van der Waals surface area contributed by atoms with Gasteiger partial charge in [-0.15, -0.1) is 0 Å². The molecule has 0 fully saturated rings. The Morgan fingerprint density at radius 1 is 1.05 bits per heavy atom. The van der Waals surface area contributed by atoms with Crippen molar-refractivity contribution < 1.29 is 19.4 Å². The van der Waals surface area contributed by atoms with Gasteiger partial charge in [-0.3, -0.25) is 0 Å². The summed E-state index contributed by atoms with van der Waals surface area (Å²) in [5, 5.41) is 10.3. The van der Waals surface area contributed by atoms with E-state index in [1.165, 1.54) is 7.11 Å². The molecule has 0 bridgehead atoms. The number of rotatable bonds is 4. The van der Waals surface area contributed by atoms with Gasteiger partial charge < -0.3 is 14.6 Å². The van der Waals surface area contributed by atoms with Crippen molar-refractivity contribution in [1.29, 1.82) is 0 Å². The van der Waals surface area contributed by atoms with Crippen LogP contribution in [-0.4, -0.2) is 25.3 Å². The molecule has 0 heterocycles. The highest BCUT2D eigenvalue weighted by atomic mass is 16.5. The molecule has 0 saturated heterocycles. The van der Waals surface area contributed by atoms with Gasteiger partial charge in [-0.1, -0.05) is 24.3 Å².